The predicted octanol–water partition coefficient (Wildman–Crippen LogP) is 6.43. The normalized spacial score (nSPS) is 18.1. The van der Waals surface area contributed by atoms with Crippen molar-refractivity contribution in [2.45, 2.75) is 38.7 Å². The highest BCUT2D eigenvalue weighted by molar-refractivity contribution is 6.01. The van der Waals surface area contributed by atoms with Crippen LogP contribution in [0.5, 0.6) is 17.2 Å². The number of rotatable bonds is 7. The zero-order chi connectivity index (χ0) is 25.0. The van der Waals surface area contributed by atoms with Crippen molar-refractivity contribution >= 4 is 5.71 Å². The number of phenolic OH excluding ortho intramolecular Hbond substituents is 1. The molecule has 5 nitrogen and oxygen atoms in total. The number of phenols is 1. The molecule has 1 aliphatic rings. The van der Waals surface area contributed by atoms with Crippen LogP contribution in [0.1, 0.15) is 54.7 Å². The van der Waals surface area contributed by atoms with Crippen LogP contribution < -0.4 is 14.8 Å². The first-order valence-corrected chi connectivity index (χ1v) is 11.5. The highest BCUT2D eigenvalue weighted by Gasteiger charge is 2.32. The third kappa shape index (κ3) is 5.59. The van der Waals surface area contributed by atoms with Crippen LogP contribution in [0.15, 0.2) is 71.7 Å². The van der Waals surface area contributed by atoms with E-state index < -0.39 is 17.9 Å². The van der Waals surface area contributed by atoms with Crippen molar-refractivity contribution in [3.8, 4) is 17.2 Å². The molecule has 8 heteroatoms. The summed E-state index contributed by atoms with van der Waals surface area (Å²) in [7, 11) is 0. The fourth-order valence-corrected chi connectivity index (χ4v) is 4.11. The number of nitrogens with zero attached hydrogens (tertiary/aromatic N) is 1. The summed E-state index contributed by atoms with van der Waals surface area (Å²) in [5.74, 6) is 1.15. The van der Waals surface area contributed by atoms with E-state index in [0.717, 1.165) is 29.2 Å². The van der Waals surface area contributed by atoms with Gasteiger partial charge in [0, 0.05) is 23.7 Å². The van der Waals surface area contributed by atoms with Gasteiger partial charge in [-0.05, 0) is 67.4 Å². The Balaban J connectivity index is 1.72. The van der Waals surface area contributed by atoms with Crippen molar-refractivity contribution in [3.05, 3.63) is 89.0 Å². The molecule has 0 amide bonds. The lowest BCUT2D eigenvalue weighted by Gasteiger charge is -2.31. The van der Waals surface area contributed by atoms with E-state index in [2.05, 4.69) is 5.32 Å². The topological polar surface area (TPSA) is 63.1 Å². The standard InChI is InChI=1S/C27H27F3N2O3/c1-3-34-20-14-10-17(11-15-20)22-16-23(21-6-5-7-24(25(21)33)35-4-2)32-26(31-22)18-8-12-19(13-9-18)27(28,29)30/h5-15,23,26,32-33H,3-4,16H2,1-2H3/t23-,26+/m0/s1. The predicted molar refractivity (Wildman–Crippen MR) is 128 cm³/mol. The van der Waals surface area contributed by atoms with Gasteiger partial charge in [-0.1, -0.05) is 24.3 Å². The third-order valence-corrected chi connectivity index (χ3v) is 5.80. The van der Waals surface area contributed by atoms with E-state index in [-0.39, 0.29) is 11.8 Å². The minimum Gasteiger partial charge on any atom is -0.504 e. The second kappa shape index (κ2) is 10.4. The summed E-state index contributed by atoms with van der Waals surface area (Å²) in [6.45, 7) is 4.70. The van der Waals surface area contributed by atoms with Gasteiger partial charge in [-0.25, -0.2) is 0 Å². The van der Waals surface area contributed by atoms with Gasteiger partial charge in [-0.2, -0.15) is 13.2 Å². The highest BCUT2D eigenvalue weighted by Crippen LogP contribution is 2.39. The smallest absolute Gasteiger partial charge is 0.416 e. The minimum atomic E-state index is -4.41. The van der Waals surface area contributed by atoms with Crippen LogP contribution in [-0.2, 0) is 6.18 Å². The molecule has 0 radical (unpaired) electrons. The molecule has 0 saturated carbocycles. The second-order valence-corrected chi connectivity index (χ2v) is 8.11. The maximum absolute atomic E-state index is 13.1. The molecule has 3 aromatic rings. The fraction of sp³-hybridized carbons (Fsp3) is 0.296. The maximum Gasteiger partial charge on any atom is 0.416 e. The number of hydrogen-bond acceptors (Lipinski definition) is 5. The lowest BCUT2D eigenvalue weighted by Crippen LogP contribution is -2.33. The lowest BCUT2D eigenvalue weighted by atomic mass is 9.93. The fourth-order valence-electron chi connectivity index (χ4n) is 4.11. The van der Waals surface area contributed by atoms with Crippen molar-refractivity contribution in [2.75, 3.05) is 13.2 Å². The van der Waals surface area contributed by atoms with E-state index in [1.807, 2.05) is 38.1 Å². The highest BCUT2D eigenvalue weighted by atomic mass is 19.4. The number of aromatic hydroxyl groups is 1. The number of nitrogens with one attached hydrogen (secondary N) is 1. The number of alkyl halides is 3. The molecule has 0 fully saturated rings. The van der Waals surface area contributed by atoms with Gasteiger partial charge < -0.3 is 14.6 Å². The van der Waals surface area contributed by atoms with Crippen LogP contribution in [0.4, 0.5) is 13.2 Å². The lowest BCUT2D eigenvalue weighted by molar-refractivity contribution is -0.137. The van der Waals surface area contributed by atoms with Gasteiger partial charge in [0.05, 0.1) is 18.8 Å². The van der Waals surface area contributed by atoms with Gasteiger partial charge in [0.2, 0.25) is 0 Å². The summed E-state index contributed by atoms with van der Waals surface area (Å²) in [5, 5.41) is 14.2. The number of para-hydroxylation sites is 1. The Morgan fingerprint density at radius 3 is 2.26 bits per heavy atom. The number of aliphatic imine (C=N–C) groups is 1. The van der Waals surface area contributed by atoms with Crippen molar-refractivity contribution in [2.24, 2.45) is 4.99 Å². The van der Waals surface area contributed by atoms with Gasteiger partial charge >= 0.3 is 6.18 Å². The van der Waals surface area contributed by atoms with E-state index in [0.29, 0.717) is 36.5 Å². The molecule has 0 bridgehead atoms. The van der Waals surface area contributed by atoms with Crippen LogP contribution in [-0.4, -0.2) is 24.0 Å². The molecule has 3 aromatic carbocycles. The van der Waals surface area contributed by atoms with Gasteiger partial charge in [0.1, 0.15) is 11.9 Å². The van der Waals surface area contributed by atoms with E-state index >= 15 is 0 Å². The molecule has 0 aromatic heterocycles. The molecule has 0 spiro atoms. The summed E-state index contributed by atoms with van der Waals surface area (Å²) >= 11 is 0. The zero-order valence-corrected chi connectivity index (χ0v) is 19.5. The average Bonchev–Trinajstić information content (AvgIpc) is 2.85. The molecule has 2 atom stereocenters. The van der Waals surface area contributed by atoms with Gasteiger partial charge in [0.25, 0.3) is 0 Å². The molecule has 35 heavy (non-hydrogen) atoms. The number of benzene rings is 3. The molecule has 1 aliphatic heterocycles. The molecular formula is C27H27F3N2O3. The molecule has 0 unspecified atom stereocenters. The Morgan fingerprint density at radius 2 is 1.63 bits per heavy atom. The third-order valence-electron chi connectivity index (χ3n) is 5.80. The van der Waals surface area contributed by atoms with E-state index in [4.69, 9.17) is 14.5 Å². The molecule has 1 heterocycles. The molecule has 184 valence electrons. The Kier molecular flexibility index (Phi) is 7.31. The average molecular weight is 485 g/mol. The number of ether oxygens (including phenoxy) is 2. The summed E-state index contributed by atoms with van der Waals surface area (Å²) in [4.78, 5) is 4.82. The number of hydrogen-bond donors (Lipinski definition) is 2. The van der Waals surface area contributed by atoms with Crippen molar-refractivity contribution in [3.63, 3.8) is 0 Å². The quantitative estimate of drug-likeness (QED) is 0.406. The zero-order valence-electron chi connectivity index (χ0n) is 19.5. The first-order chi connectivity index (χ1) is 16.8. The second-order valence-electron chi connectivity index (χ2n) is 8.11. The molecule has 2 N–H and O–H groups in total. The van der Waals surface area contributed by atoms with E-state index in [1.54, 1.807) is 18.2 Å². The number of halogens is 3. The SMILES string of the molecule is CCOc1ccc(C2=N[C@@H](c3ccc(C(F)(F)F)cc3)N[C@H](c3cccc(OCC)c3O)C2)cc1. The van der Waals surface area contributed by atoms with Crippen LogP contribution in [0.3, 0.4) is 0 Å². The van der Waals surface area contributed by atoms with Gasteiger partial charge in [-0.3, -0.25) is 10.3 Å². The Bertz CT molecular complexity index is 1180. The van der Waals surface area contributed by atoms with Gasteiger partial charge in [-0.15, -0.1) is 0 Å². The van der Waals surface area contributed by atoms with E-state index in [9.17, 15) is 18.3 Å². The first kappa shape index (κ1) is 24.6. The van der Waals surface area contributed by atoms with Crippen LogP contribution in [0.2, 0.25) is 0 Å². The molecule has 0 saturated heterocycles. The molecule has 0 aliphatic carbocycles. The molecule has 4 rings (SSSR count). The minimum absolute atomic E-state index is 0.0333. The van der Waals surface area contributed by atoms with Crippen LogP contribution in [0, 0.1) is 0 Å². The van der Waals surface area contributed by atoms with Crippen molar-refractivity contribution in [1.82, 2.24) is 5.32 Å². The Labute approximate surface area is 202 Å². The summed E-state index contributed by atoms with van der Waals surface area (Å²) in [5.41, 5.74) is 2.14. The summed E-state index contributed by atoms with van der Waals surface area (Å²) in [6.07, 6.45) is -4.55. The molecular weight excluding hydrogens is 457 g/mol. The summed E-state index contributed by atoms with van der Waals surface area (Å²) in [6, 6.07) is 17.5. The van der Waals surface area contributed by atoms with Crippen molar-refractivity contribution < 1.29 is 27.8 Å². The monoisotopic (exact) mass is 484 g/mol. The van der Waals surface area contributed by atoms with Crippen LogP contribution in [0.25, 0.3) is 0 Å². The summed E-state index contributed by atoms with van der Waals surface area (Å²) < 4.78 is 50.3. The Morgan fingerprint density at radius 1 is 0.943 bits per heavy atom. The maximum atomic E-state index is 13.1. The largest absolute Gasteiger partial charge is 0.504 e. The first-order valence-electron chi connectivity index (χ1n) is 11.5. The van der Waals surface area contributed by atoms with Gasteiger partial charge in [0.15, 0.2) is 11.5 Å². The van der Waals surface area contributed by atoms with Crippen LogP contribution >= 0.6 is 0 Å². The Hall–Kier alpha value is -3.52. The van der Waals surface area contributed by atoms with E-state index in [1.165, 1.54) is 12.1 Å². The van der Waals surface area contributed by atoms with Crippen molar-refractivity contribution in [1.29, 1.82) is 0 Å².